The molecule has 0 amide bonds. The molecule has 0 radical (unpaired) electrons. The second-order valence-corrected chi connectivity index (χ2v) is 6.50. The number of carbonyl (C=O) groups excluding carboxylic acids is 1. The van der Waals surface area contributed by atoms with Crippen molar-refractivity contribution < 1.29 is 9.53 Å². The van der Waals surface area contributed by atoms with Crippen molar-refractivity contribution in [2.75, 3.05) is 6.61 Å². The Balaban J connectivity index is 2.17. The molecule has 20 heavy (non-hydrogen) atoms. The highest BCUT2D eigenvalue weighted by Gasteiger charge is 2.30. The van der Waals surface area contributed by atoms with Crippen LogP contribution in [0, 0.1) is 0 Å². The second kappa shape index (κ2) is 5.96. The van der Waals surface area contributed by atoms with Gasteiger partial charge in [0.25, 0.3) is 0 Å². The van der Waals surface area contributed by atoms with Gasteiger partial charge in [-0.2, -0.15) is 0 Å². The Morgan fingerprint density at radius 3 is 2.35 bits per heavy atom. The van der Waals surface area contributed by atoms with Crippen LogP contribution in [-0.2, 0) is 14.9 Å². The zero-order valence-electron chi connectivity index (χ0n) is 12.9. The summed E-state index contributed by atoms with van der Waals surface area (Å²) in [4.78, 5) is 12.1. The molecule has 0 aliphatic heterocycles. The van der Waals surface area contributed by atoms with Gasteiger partial charge in [-0.1, -0.05) is 45.0 Å². The highest BCUT2D eigenvalue weighted by atomic mass is 16.5. The predicted octanol–water partition coefficient (Wildman–Crippen LogP) is 3.34. The molecule has 0 spiro atoms. The smallest absolute Gasteiger partial charge is 0.327 e. The van der Waals surface area contributed by atoms with Crippen LogP contribution in [0.1, 0.15) is 57.7 Å². The summed E-state index contributed by atoms with van der Waals surface area (Å²) in [6.45, 7) is 8.82. The maximum Gasteiger partial charge on any atom is 0.327 e. The Morgan fingerprint density at radius 1 is 1.30 bits per heavy atom. The van der Waals surface area contributed by atoms with Gasteiger partial charge < -0.3 is 4.74 Å². The number of ether oxygens (including phenoxy) is 1. The highest BCUT2D eigenvalue weighted by molar-refractivity contribution is 5.77. The molecule has 1 fully saturated rings. The maximum absolute atomic E-state index is 12.1. The molecular formula is C17H25NO2. The summed E-state index contributed by atoms with van der Waals surface area (Å²) in [5.74, 6) is -0.178. The van der Waals surface area contributed by atoms with Crippen molar-refractivity contribution in [2.45, 2.75) is 58.0 Å². The molecule has 0 saturated heterocycles. The van der Waals surface area contributed by atoms with Gasteiger partial charge >= 0.3 is 5.97 Å². The van der Waals surface area contributed by atoms with Crippen LogP contribution in [0.15, 0.2) is 24.3 Å². The van der Waals surface area contributed by atoms with E-state index in [2.05, 4.69) is 38.2 Å². The Bertz CT molecular complexity index is 455. The number of esters is 1. The van der Waals surface area contributed by atoms with Crippen LogP contribution in [0.2, 0.25) is 0 Å². The molecule has 1 atom stereocenters. The topological polar surface area (TPSA) is 38.3 Å². The first kappa shape index (κ1) is 15.0. The van der Waals surface area contributed by atoms with Crippen LogP contribution in [-0.4, -0.2) is 18.6 Å². The number of carbonyl (C=O) groups is 1. The van der Waals surface area contributed by atoms with Gasteiger partial charge in [-0.15, -0.1) is 0 Å². The lowest BCUT2D eigenvalue weighted by Gasteiger charge is -2.21. The van der Waals surface area contributed by atoms with Crippen LogP contribution < -0.4 is 5.32 Å². The van der Waals surface area contributed by atoms with Crippen molar-refractivity contribution in [3.63, 3.8) is 0 Å². The highest BCUT2D eigenvalue weighted by Crippen LogP contribution is 2.27. The first-order chi connectivity index (χ1) is 9.41. The molecule has 3 heteroatoms. The molecule has 0 heterocycles. The van der Waals surface area contributed by atoms with Crippen molar-refractivity contribution in [3.8, 4) is 0 Å². The largest absolute Gasteiger partial charge is 0.465 e. The van der Waals surface area contributed by atoms with Crippen molar-refractivity contribution in [3.05, 3.63) is 35.4 Å². The molecular weight excluding hydrogens is 250 g/mol. The SMILES string of the molecule is CCOC(=O)C(NC1CC1)c1ccc(C(C)(C)C)cc1. The van der Waals surface area contributed by atoms with E-state index in [0.29, 0.717) is 12.6 Å². The van der Waals surface area contributed by atoms with Crippen molar-refractivity contribution >= 4 is 5.97 Å². The van der Waals surface area contributed by atoms with Gasteiger partial charge in [0.2, 0.25) is 0 Å². The van der Waals surface area contributed by atoms with Gasteiger partial charge in [0.15, 0.2) is 0 Å². The van der Waals surface area contributed by atoms with E-state index >= 15 is 0 Å². The third-order valence-electron chi connectivity index (χ3n) is 3.61. The Morgan fingerprint density at radius 2 is 1.90 bits per heavy atom. The second-order valence-electron chi connectivity index (χ2n) is 6.50. The van der Waals surface area contributed by atoms with E-state index < -0.39 is 0 Å². The summed E-state index contributed by atoms with van der Waals surface area (Å²) >= 11 is 0. The van der Waals surface area contributed by atoms with E-state index in [4.69, 9.17) is 4.74 Å². The van der Waals surface area contributed by atoms with E-state index in [0.717, 1.165) is 18.4 Å². The minimum Gasteiger partial charge on any atom is -0.465 e. The number of hydrogen-bond donors (Lipinski definition) is 1. The predicted molar refractivity (Wildman–Crippen MR) is 80.7 cm³/mol. The molecule has 1 aliphatic carbocycles. The summed E-state index contributed by atoms with van der Waals surface area (Å²) in [6, 6.07) is 8.42. The fourth-order valence-corrected chi connectivity index (χ4v) is 2.19. The fourth-order valence-electron chi connectivity index (χ4n) is 2.19. The lowest BCUT2D eigenvalue weighted by molar-refractivity contribution is -0.145. The van der Waals surface area contributed by atoms with Crippen LogP contribution in [0.5, 0.6) is 0 Å². The van der Waals surface area contributed by atoms with Crippen LogP contribution in [0.25, 0.3) is 0 Å². The molecule has 110 valence electrons. The van der Waals surface area contributed by atoms with Crippen molar-refractivity contribution in [1.29, 1.82) is 0 Å². The molecule has 1 N–H and O–H groups in total. The number of hydrogen-bond acceptors (Lipinski definition) is 3. The number of nitrogens with one attached hydrogen (secondary N) is 1. The fraction of sp³-hybridized carbons (Fsp3) is 0.588. The van der Waals surface area contributed by atoms with E-state index in [1.807, 2.05) is 19.1 Å². The minimum atomic E-state index is -0.337. The summed E-state index contributed by atoms with van der Waals surface area (Å²) in [6.07, 6.45) is 2.30. The first-order valence-electron chi connectivity index (χ1n) is 7.45. The summed E-state index contributed by atoms with van der Waals surface area (Å²) in [7, 11) is 0. The van der Waals surface area contributed by atoms with Crippen molar-refractivity contribution in [2.24, 2.45) is 0 Å². The summed E-state index contributed by atoms with van der Waals surface area (Å²) in [5, 5.41) is 3.38. The van der Waals surface area contributed by atoms with Crippen LogP contribution in [0.4, 0.5) is 0 Å². The van der Waals surface area contributed by atoms with E-state index in [1.54, 1.807) is 0 Å². The van der Waals surface area contributed by atoms with Gasteiger partial charge in [-0.05, 0) is 36.3 Å². The molecule has 2 rings (SSSR count). The van der Waals surface area contributed by atoms with E-state index in [1.165, 1.54) is 5.56 Å². The lowest BCUT2D eigenvalue weighted by atomic mass is 9.86. The molecule has 0 aromatic heterocycles. The quantitative estimate of drug-likeness (QED) is 0.838. The van der Waals surface area contributed by atoms with E-state index in [-0.39, 0.29) is 17.4 Å². The average Bonchev–Trinajstić information content (AvgIpc) is 3.19. The Hall–Kier alpha value is -1.35. The summed E-state index contributed by atoms with van der Waals surface area (Å²) < 4.78 is 5.18. The van der Waals surface area contributed by atoms with Crippen LogP contribution >= 0.6 is 0 Å². The van der Waals surface area contributed by atoms with Gasteiger partial charge in [-0.25, -0.2) is 4.79 Å². The molecule has 1 saturated carbocycles. The van der Waals surface area contributed by atoms with Gasteiger partial charge in [-0.3, -0.25) is 5.32 Å². The normalized spacial score (nSPS) is 16.8. The third kappa shape index (κ3) is 3.83. The van der Waals surface area contributed by atoms with Gasteiger partial charge in [0, 0.05) is 6.04 Å². The van der Waals surface area contributed by atoms with Gasteiger partial charge in [0.1, 0.15) is 6.04 Å². The minimum absolute atomic E-state index is 0.127. The molecule has 0 bridgehead atoms. The molecule has 3 nitrogen and oxygen atoms in total. The van der Waals surface area contributed by atoms with E-state index in [9.17, 15) is 4.79 Å². The molecule has 1 aromatic rings. The molecule has 1 aliphatic rings. The molecule has 1 aromatic carbocycles. The average molecular weight is 275 g/mol. The number of rotatable bonds is 5. The Kier molecular flexibility index (Phi) is 4.48. The maximum atomic E-state index is 12.1. The standard InChI is InChI=1S/C17H25NO2/c1-5-20-16(19)15(18-14-10-11-14)12-6-8-13(9-7-12)17(2,3)4/h6-9,14-15,18H,5,10-11H2,1-4H3. The van der Waals surface area contributed by atoms with Crippen LogP contribution in [0.3, 0.4) is 0 Å². The molecule has 1 unspecified atom stereocenters. The zero-order valence-corrected chi connectivity index (χ0v) is 12.9. The lowest BCUT2D eigenvalue weighted by Crippen LogP contribution is -2.31. The monoisotopic (exact) mass is 275 g/mol. The van der Waals surface area contributed by atoms with Crippen molar-refractivity contribution in [1.82, 2.24) is 5.32 Å². The van der Waals surface area contributed by atoms with Gasteiger partial charge in [0.05, 0.1) is 6.61 Å². The third-order valence-corrected chi connectivity index (χ3v) is 3.61. The first-order valence-corrected chi connectivity index (χ1v) is 7.45. The zero-order chi connectivity index (χ0) is 14.8. The Labute approximate surface area is 121 Å². The number of benzene rings is 1. The summed E-state index contributed by atoms with van der Waals surface area (Å²) in [5.41, 5.74) is 2.39.